The van der Waals surface area contributed by atoms with E-state index < -0.39 is 24.6 Å². The van der Waals surface area contributed by atoms with E-state index in [0.717, 1.165) is 12.8 Å². The Hall–Kier alpha value is -3.39. The van der Waals surface area contributed by atoms with E-state index >= 15 is 0 Å². The summed E-state index contributed by atoms with van der Waals surface area (Å²) < 4.78 is 5.55. The van der Waals surface area contributed by atoms with E-state index in [0.29, 0.717) is 18.9 Å². The molecule has 0 spiro atoms. The Labute approximate surface area is 198 Å². The second kappa shape index (κ2) is 10.7. The maximum Gasteiger partial charge on any atom is 0.407 e. The topological polar surface area (TPSA) is 125 Å². The van der Waals surface area contributed by atoms with Gasteiger partial charge in [-0.15, -0.1) is 0 Å². The van der Waals surface area contributed by atoms with Gasteiger partial charge in [-0.3, -0.25) is 9.59 Å². The molecule has 1 unspecified atom stereocenters. The van der Waals surface area contributed by atoms with E-state index in [2.05, 4.69) is 34.9 Å². The Balaban J connectivity index is 1.14. The van der Waals surface area contributed by atoms with Gasteiger partial charge in [-0.05, 0) is 46.9 Å². The summed E-state index contributed by atoms with van der Waals surface area (Å²) in [6, 6.07) is 16.4. The third-order valence-electron chi connectivity index (χ3n) is 6.63. The number of alkyl carbamates (subject to hydrolysis) is 1. The number of carbonyl (C=O) groups excluding carboxylic acids is 2. The number of rotatable bonds is 10. The maximum absolute atomic E-state index is 12.3. The fraction of sp³-hybridized carbons (Fsp3) is 0.423. The summed E-state index contributed by atoms with van der Waals surface area (Å²) in [7, 11) is 0. The first-order chi connectivity index (χ1) is 16.4. The number of aliphatic carboxylic acids is 1. The molecule has 8 nitrogen and oxygen atoms in total. The molecular formula is C26H30N2O6. The molecule has 180 valence electrons. The molecule has 0 heterocycles. The molecule has 8 heteroatoms. The lowest BCUT2D eigenvalue weighted by molar-refractivity contribution is -0.139. The molecule has 34 heavy (non-hydrogen) atoms. The largest absolute Gasteiger partial charge is 0.481 e. The molecule has 0 bridgehead atoms. The van der Waals surface area contributed by atoms with Crippen LogP contribution in [0.5, 0.6) is 0 Å². The Bertz CT molecular complexity index is 1000. The van der Waals surface area contributed by atoms with E-state index in [9.17, 15) is 19.5 Å². The lowest BCUT2D eigenvalue weighted by atomic mass is 9.73. The summed E-state index contributed by atoms with van der Waals surface area (Å²) in [6.45, 7) is 0.720. The van der Waals surface area contributed by atoms with Crippen molar-refractivity contribution >= 4 is 18.0 Å². The predicted octanol–water partition coefficient (Wildman–Crippen LogP) is 2.89. The van der Waals surface area contributed by atoms with E-state index in [-0.39, 0.29) is 30.9 Å². The number of aliphatic hydroxyl groups is 1. The molecule has 2 aliphatic rings. The normalized spacial score (nSPS) is 19.3. The molecule has 0 aromatic heterocycles. The van der Waals surface area contributed by atoms with E-state index in [1.807, 2.05) is 24.3 Å². The molecule has 2 aliphatic carbocycles. The highest BCUT2D eigenvalue weighted by Gasteiger charge is 2.32. The van der Waals surface area contributed by atoms with Gasteiger partial charge in [0.05, 0.1) is 12.5 Å². The molecule has 0 saturated heterocycles. The summed E-state index contributed by atoms with van der Waals surface area (Å²) in [5.74, 6) is -0.745. The van der Waals surface area contributed by atoms with Gasteiger partial charge in [-0.1, -0.05) is 48.5 Å². The minimum absolute atomic E-state index is 0.0266. The summed E-state index contributed by atoms with van der Waals surface area (Å²) in [5.41, 5.74) is 4.72. The summed E-state index contributed by atoms with van der Waals surface area (Å²) >= 11 is 0. The van der Waals surface area contributed by atoms with Crippen LogP contribution < -0.4 is 10.6 Å². The quantitative estimate of drug-likeness (QED) is 0.427. The van der Waals surface area contributed by atoms with Gasteiger partial charge in [-0.2, -0.15) is 0 Å². The molecule has 2 amide bonds. The highest BCUT2D eigenvalue weighted by atomic mass is 16.5. The van der Waals surface area contributed by atoms with Crippen molar-refractivity contribution in [2.45, 2.75) is 37.7 Å². The van der Waals surface area contributed by atoms with Crippen LogP contribution in [0.3, 0.4) is 0 Å². The van der Waals surface area contributed by atoms with Gasteiger partial charge >= 0.3 is 12.1 Å². The van der Waals surface area contributed by atoms with Crippen LogP contribution in [0.15, 0.2) is 48.5 Å². The molecule has 1 atom stereocenters. The maximum atomic E-state index is 12.3. The number of hydrogen-bond donors (Lipinski definition) is 4. The molecule has 4 rings (SSSR count). The number of amides is 2. The molecule has 0 radical (unpaired) electrons. The first-order valence-corrected chi connectivity index (χ1v) is 11.7. The van der Waals surface area contributed by atoms with Crippen molar-refractivity contribution in [3.8, 4) is 11.1 Å². The highest BCUT2D eigenvalue weighted by Crippen LogP contribution is 2.44. The van der Waals surface area contributed by atoms with Crippen LogP contribution in [0.4, 0.5) is 4.79 Å². The fourth-order valence-corrected chi connectivity index (χ4v) is 4.92. The van der Waals surface area contributed by atoms with Crippen molar-refractivity contribution in [2.24, 2.45) is 11.8 Å². The van der Waals surface area contributed by atoms with Crippen LogP contribution in [0.2, 0.25) is 0 Å². The second-order valence-corrected chi connectivity index (χ2v) is 9.17. The SMILES string of the molecule is O=C(O)CC(O)CNC(=O)CC1CC(CNC(=O)OCC2c3ccccc3-c3ccccc32)C1. The van der Waals surface area contributed by atoms with Gasteiger partial charge in [0, 0.05) is 25.4 Å². The number of carboxylic acids is 1. The van der Waals surface area contributed by atoms with Gasteiger partial charge in [0.25, 0.3) is 0 Å². The first-order valence-electron chi connectivity index (χ1n) is 11.7. The summed E-state index contributed by atoms with van der Waals surface area (Å²) in [6.07, 6.45) is 0.0744. The minimum Gasteiger partial charge on any atom is -0.481 e. The number of nitrogens with one attached hydrogen (secondary N) is 2. The van der Waals surface area contributed by atoms with Gasteiger partial charge in [0.2, 0.25) is 5.91 Å². The molecule has 2 aromatic rings. The molecule has 4 N–H and O–H groups in total. The van der Waals surface area contributed by atoms with Gasteiger partial charge < -0.3 is 25.6 Å². The lowest BCUT2D eigenvalue weighted by Gasteiger charge is -2.35. The number of hydrogen-bond acceptors (Lipinski definition) is 5. The van der Waals surface area contributed by atoms with E-state index in [4.69, 9.17) is 9.84 Å². The third kappa shape index (κ3) is 5.75. The van der Waals surface area contributed by atoms with Crippen LogP contribution in [-0.4, -0.2) is 54.0 Å². The van der Waals surface area contributed by atoms with Crippen molar-refractivity contribution in [2.75, 3.05) is 19.7 Å². The van der Waals surface area contributed by atoms with Crippen molar-refractivity contribution in [3.05, 3.63) is 59.7 Å². The number of carbonyl (C=O) groups is 3. The molecule has 2 aromatic carbocycles. The zero-order valence-corrected chi connectivity index (χ0v) is 18.9. The van der Waals surface area contributed by atoms with Crippen LogP contribution in [0.25, 0.3) is 11.1 Å². The van der Waals surface area contributed by atoms with E-state index in [1.54, 1.807) is 0 Å². The van der Waals surface area contributed by atoms with Crippen molar-refractivity contribution in [3.63, 3.8) is 0 Å². The molecular weight excluding hydrogens is 436 g/mol. The number of fused-ring (bicyclic) bond motifs is 3. The van der Waals surface area contributed by atoms with Crippen molar-refractivity contribution < 1.29 is 29.3 Å². The fourth-order valence-electron chi connectivity index (χ4n) is 4.92. The minimum atomic E-state index is -1.10. The summed E-state index contributed by atoms with van der Waals surface area (Å²) in [5, 5.41) is 23.5. The standard InChI is InChI=1S/C26H30N2O6/c29-18(12-25(31)32)14-27-24(30)11-16-9-17(10-16)13-28-26(33)34-15-23-21-7-3-1-5-19(21)20-6-2-4-8-22(20)23/h1-8,16-18,23,29H,9-15H2,(H,27,30)(H,28,33)(H,31,32). The number of carboxylic acid groups (broad SMARTS) is 1. The zero-order chi connectivity index (χ0) is 24.1. The van der Waals surface area contributed by atoms with Crippen LogP contribution >= 0.6 is 0 Å². The average Bonchev–Trinajstić information content (AvgIpc) is 3.11. The van der Waals surface area contributed by atoms with Crippen LogP contribution in [0.1, 0.15) is 42.7 Å². The van der Waals surface area contributed by atoms with Crippen molar-refractivity contribution in [1.29, 1.82) is 0 Å². The monoisotopic (exact) mass is 466 g/mol. The smallest absolute Gasteiger partial charge is 0.407 e. The number of ether oxygens (including phenoxy) is 1. The Morgan fingerprint density at radius 1 is 0.941 bits per heavy atom. The predicted molar refractivity (Wildman–Crippen MR) is 125 cm³/mol. The number of benzene rings is 2. The van der Waals surface area contributed by atoms with Gasteiger partial charge in [-0.25, -0.2) is 4.79 Å². The molecule has 1 fully saturated rings. The third-order valence-corrected chi connectivity index (χ3v) is 6.63. The average molecular weight is 467 g/mol. The Morgan fingerprint density at radius 2 is 1.56 bits per heavy atom. The zero-order valence-electron chi connectivity index (χ0n) is 18.9. The molecule has 0 aliphatic heterocycles. The number of aliphatic hydroxyl groups excluding tert-OH is 1. The van der Waals surface area contributed by atoms with Gasteiger partial charge in [0.15, 0.2) is 0 Å². The molecule has 1 saturated carbocycles. The highest BCUT2D eigenvalue weighted by molar-refractivity contribution is 5.79. The second-order valence-electron chi connectivity index (χ2n) is 9.17. The van der Waals surface area contributed by atoms with Gasteiger partial charge in [0.1, 0.15) is 6.61 Å². The van der Waals surface area contributed by atoms with Crippen molar-refractivity contribution in [1.82, 2.24) is 10.6 Å². The van der Waals surface area contributed by atoms with Crippen LogP contribution in [0, 0.1) is 11.8 Å². The first kappa shape index (κ1) is 23.8. The summed E-state index contributed by atoms with van der Waals surface area (Å²) in [4.78, 5) is 34.8. The Kier molecular flexibility index (Phi) is 7.47. The van der Waals surface area contributed by atoms with E-state index in [1.165, 1.54) is 22.3 Å². The Morgan fingerprint density at radius 3 is 2.18 bits per heavy atom. The lowest BCUT2D eigenvalue weighted by Crippen LogP contribution is -2.39. The van der Waals surface area contributed by atoms with Crippen LogP contribution in [-0.2, 0) is 14.3 Å².